The van der Waals surface area contributed by atoms with Crippen molar-refractivity contribution in [3.63, 3.8) is 0 Å². The monoisotopic (exact) mass is 388 g/mol. The van der Waals surface area contributed by atoms with Crippen molar-refractivity contribution >= 4 is 22.4 Å². The van der Waals surface area contributed by atoms with Gasteiger partial charge in [0.15, 0.2) is 17.3 Å². The van der Waals surface area contributed by atoms with Gasteiger partial charge < -0.3 is 14.4 Å². The summed E-state index contributed by atoms with van der Waals surface area (Å²) in [5.41, 5.74) is 4.37. The van der Waals surface area contributed by atoms with E-state index in [9.17, 15) is 4.79 Å². The highest BCUT2D eigenvalue weighted by Crippen LogP contribution is 2.40. The summed E-state index contributed by atoms with van der Waals surface area (Å²) in [5, 5.41) is 0.951. The number of fused-ring (bicyclic) bond motifs is 2. The molecule has 148 valence electrons. The van der Waals surface area contributed by atoms with Gasteiger partial charge in [0.25, 0.3) is 0 Å². The average Bonchev–Trinajstić information content (AvgIpc) is 3.31. The fourth-order valence-electron chi connectivity index (χ4n) is 4.21. The molecule has 2 aliphatic rings. The highest BCUT2D eigenvalue weighted by molar-refractivity contribution is 6.16. The number of ether oxygens (including phenoxy) is 2. The number of rotatable bonds is 4. The van der Waals surface area contributed by atoms with Crippen LogP contribution in [0.2, 0.25) is 0 Å². The zero-order valence-electron chi connectivity index (χ0n) is 16.6. The lowest BCUT2D eigenvalue weighted by atomic mass is 9.98. The molecule has 5 nitrogen and oxygen atoms in total. The number of benzene rings is 2. The largest absolute Gasteiger partial charge is 0.486 e. The molecule has 3 aromatic rings. The summed E-state index contributed by atoms with van der Waals surface area (Å²) in [4.78, 5) is 20.4. The summed E-state index contributed by atoms with van der Waals surface area (Å²) in [6.45, 7) is 5.09. The second-order valence-corrected chi connectivity index (χ2v) is 7.61. The van der Waals surface area contributed by atoms with Crippen molar-refractivity contribution < 1.29 is 14.3 Å². The van der Waals surface area contributed by atoms with Crippen molar-refractivity contribution in [1.29, 1.82) is 0 Å². The van der Waals surface area contributed by atoms with Crippen molar-refractivity contribution in [3.05, 3.63) is 59.3 Å². The zero-order valence-corrected chi connectivity index (χ0v) is 16.6. The first kappa shape index (κ1) is 18.0. The molecule has 0 unspecified atom stereocenters. The predicted octanol–water partition coefficient (Wildman–Crippen LogP) is 4.40. The smallest absolute Gasteiger partial charge is 0.196 e. The molecular weight excluding hydrogens is 364 g/mol. The molecule has 0 bridgehead atoms. The Morgan fingerprint density at radius 1 is 1.03 bits per heavy atom. The first-order valence-corrected chi connectivity index (χ1v) is 10.4. The number of aryl methyl sites for hydroxylation is 1. The molecule has 1 aromatic heterocycles. The molecule has 1 fully saturated rings. The van der Waals surface area contributed by atoms with Gasteiger partial charge in [-0.05, 0) is 30.9 Å². The third-order valence-electron chi connectivity index (χ3n) is 5.79. The molecule has 1 saturated heterocycles. The lowest BCUT2D eigenvalue weighted by Crippen LogP contribution is -2.22. The molecular formula is C24H24N2O3. The van der Waals surface area contributed by atoms with Gasteiger partial charge in [-0.1, -0.05) is 31.2 Å². The fraction of sp³-hybridized carbons (Fsp3) is 0.333. The molecule has 0 atom stereocenters. The van der Waals surface area contributed by atoms with E-state index in [-0.39, 0.29) is 5.78 Å². The number of aromatic nitrogens is 1. The Hall–Kier alpha value is -3.08. The van der Waals surface area contributed by atoms with Crippen LogP contribution in [0.3, 0.4) is 0 Å². The number of hydrogen-bond donors (Lipinski definition) is 0. The van der Waals surface area contributed by atoms with Gasteiger partial charge in [0.05, 0.1) is 16.8 Å². The summed E-state index contributed by atoms with van der Waals surface area (Å²) in [6, 6.07) is 11.8. The number of pyridine rings is 1. The lowest BCUT2D eigenvalue weighted by Gasteiger charge is -2.25. The van der Waals surface area contributed by atoms with Gasteiger partial charge in [-0.15, -0.1) is 0 Å². The molecule has 29 heavy (non-hydrogen) atoms. The Morgan fingerprint density at radius 3 is 2.41 bits per heavy atom. The third-order valence-corrected chi connectivity index (χ3v) is 5.79. The van der Waals surface area contributed by atoms with Gasteiger partial charge in [0.2, 0.25) is 0 Å². The van der Waals surface area contributed by atoms with Gasteiger partial charge in [-0.2, -0.15) is 0 Å². The Bertz CT molecular complexity index is 1070. The zero-order chi connectivity index (χ0) is 19.8. The number of carbonyl (C=O) groups is 1. The minimum absolute atomic E-state index is 0.0128. The van der Waals surface area contributed by atoms with E-state index in [1.165, 1.54) is 5.56 Å². The maximum absolute atomic E-state index is 13.4. The fourth-order valence-corrected chi connectivity index (χ4v) is 4.21. The number of nitrogens with zero attached hydrogens (tertiary/aromatic N) is 2. The van der Waals surface area contributed by atoms with Crippen molar-refractivity contribution in [1.82, 2.24) is 4.98 Å². The minimum Gasteiger partial charge on any atom is -0.486 e. The first-order chi connectivity index (χ1) is 14.2. The number of carbonyl (C=O) groups excluding carboxylic acids is 1. The van der Waals surface area contributed by atoms with Crippen LogP contribution >= 0.6 is 0 Å². The summed E-state index contributed by atoms with van der Waals surface area (Å²) >= 11 is 0. The maximum Gasteiger partial charge on any atom is 0.196 e. The Balaban J connectivity index is 1.67. The molecule has 5 heteroatoms. The van der Waals surface area contributed by atoms with Gasteiger partial charge in [0.1, 0.15) is 13.2 Å². The normalized spacial score (nSPS) is 15.7. The topological polar surface area (TPSA) is 51.7 Å². The molecule has 5 rings (SSSR count). The second-order valence-electron chi connectivity index (χ2n) is 7.61. The molecule has 0 saturated carbocycles. The van der Waals surface area contributed by atoms with Gasteiger partial charge >= 0.3 is 0 Å². The molecule has 0 amide bonds. The van der Waals surface area contributed by atoms with E-state index < -0.39 is 0 Å². The highest BCUT2D eigenvalue weighted by atomic mass is 16.6. The van der Waals surface area contributed by atoms with Crippen molar-refractivity contribution in [3.8, 4) is 11.5 Å². The maximum atomic E-state index is 13.4. The molecule has 2 aromatic carbocycles. The lowest BCUT2D eigenvalue weighted by molar-refractivity contribution is 0.103. The van der Waals surface area contributed by atoms with Crippen LogP contribution in [0.25, 0.3) is 10.9 Å². The van der Waals surface area contributed by atoms with Crippen LogP contribution in [0.4, 0.5) is 5.69 Å². The minimum atomic E-state index is 0.0128. The second kappa shape index (κ2) is 7.39. The van der Waals surface area contributed by atoms with Gasteiger partial charge in [-0.25, -0.2) is 0 Å². The van der Waals surface area contributed by atoms with Crippen LogP contribution < -0.4 is 14.4 Å². The average molecular weight is 388 g/mol. The molecule has 3 heterocycles. The van der Waals surface area contributed by atoms with E-state index in [1.807, 2.05) is 36.4 Å². The Labute approximate surface area is 170 Å². The quantitative estimate of drug-likeness (QED) is 0.620. The highest BCUT2D eigenvalue weighted by Gasteiger charge is 2.25. The van der Waals surface area contributed by atoms with E-state index in [0.29, 0.717) is 24.3 Å². The van der Waals surface area contributed by atoms with Gasteiger partial charge in [-0.3, -0.25) is 9.78 Å². The number of anilines is 1. The van der Waals surface area contributed by atoms with Crippen molar-refractivity contribution in [2.24, 2.45) is 0 Å². The van der Waals surface area contributed by atoms with Crippen LogP contribution in [-0.2, 0) is 6.42 Å². The molecule has 0 radical (unpaired) electrons. The Morgan fingerprint density at radius 2 is 1.72 bits per heavy atom. The summed E-state index contributed by atoms with van der Waals surface area (Å²) in [7, 11) is 0. The van der Waals surface area contributed by atoms with Crippen LogP contribution in [0.15, 0.2) is 42.6 Å². The number of hydrogen-bond acceptors (Lipinski definition) is 5. The van der Waals surface area contributed by atoms with Crippen LogP contribution in [0.5, 0.6) is 11.5 Å². The van der Waals surface area contributed by atoms with Crippen LogP contribution in [0.1, 0.15) is 41.3 Å². The third kappa shape index (κ3) is 3.20. The summed E-state index contributed by atoms with van der Waals surface area (Å²) in [6.07, 6.45) is 4.95. The standard InChI is InChI=1S/C24H24N2O3/c1-2-16-5-7-17(8-6-16)24(27)19-15-25-20-14-22-21(28-11-12-29-22)13-18(20)23(19)26-9-3-4-10-26/h5-8,13-15H,2-4,9-12H2,1H3. The first-order valence-electron chi connectivity index (χ1n) is 10.4. The van der Waals surface area contributed by atoms with E-state index >= 15 is 0 Å². The van der Waals surface area contributed by atoms with E-state index in [0.717, 1.165) is 60.4 Å². The number of ketones is 1. The summed E-state index contributed by atoms with van der Waals surface area (Å²) in [5.74, 6) is 1.46. The van der Waals surface area contributed by atoms with Gasteiger partial charge in [0, 0.05) is 36.3 Å². The molecule has 0 spiro atoms. The molecule has 2 aliphatic heterocycles. The SMILES string of the molecule is CCc1ccc(C(=O)c2cnc3cc4c(cc3c2N2CCCC2)OCCO4)cc1. The predicted molar refractivity (Wildman–Crippen MR) is 113 cm³/mol. The van der Waals surface area contributed by atoms with Crippen LogP contribution in [-0.4, -0.2) is 37.1 Å². The van der Waals surface area contributed by atoms with E-state index in [1.54, 1.807) is 6.20 Å². The molecule has 0 N–H and O–H groups in total. The van der Waals surface area contributed by atoms with Crippen molar-refractivity contribution in [2.75, 3.05) is 31.2 Å². The van der Waals surface area contributed by atoms with E-state index in [2.05, 4.69) is 16.8 Å². The summed E-state index contributed by atoms with van der Waals surface area (Å²) < 4.78 is 11.5. The van der Waals surface area contributed by atoms with Crippen molar-refractivity contribution in [2.45, 2.75) is 26.2 Å². The van der Waals surface area contributed by atoms with E-state index in [4.69, 9.17) is 9.47 Å². The molecule has 0 aliphatic carbocycles. The van der Waals surface area contributed by atoms with Crippen LogP contribution in [0, 0.1) is 0 Å². The Kier molecular flexibility index (Phi) is 4.58.